The maximum absolute atomic E-state index is 12.7. The normalized spacial score (nSPS) is 13.4. The van der Waals surface area contributed by atoms with E-state index in [1.807, 2.05) is 22.3 Å². The van der Waals surface area contributed by atoms with Gasteiger partial charge in [0, 0.05) is 35.0 Å². The van der Waals surface area contributed by atoms with Crippen molar-refractivity contribution >= 4 is 17.2 Å². The van der Waals surface area contributed by atoms with Crippen molar-refractivity contribution in [2.75, 3.05) is 40.9 Å². The van der Waals surface area contributed by atoms with Gasteiger partial charge in [-0.15, -0.1) is 11.3 Å². The number of likely N-dealkylation sites (N-methyl/N-ethyl adjacent to an activating group) is 1. The Balaban J connectivity index is 1.48. The summed E-state index contributed by atoms with van der Waals surface area (Å²) in [6, 6.07) is 6.02. The number of fused-ring (bicyclic) bond motifs is 1. The number of hydrogen-bond acceptors (Lipinski definition) is 5. The van der Waals surface area contributed by atoms with Crippen LogP contribution in [0.25, 0.3) is 0 Å². The number of thiophene rings is 1. The van der Waals surface area contributed by atoms with E-state index < -0.39 is 0 Å². The van der Waals surface area contributed by atoms with Gasteiger partial charge in [0.05, 0.1) is 14.2 Å². The van der Waals surface area contributed by atoms with Gasteiger partial charge >= 0.3 is 0 Å². The predicted molar refractivity (Wildman–Crippen MR) is 114 cm³/mol. The lowest BCUT2D eigenvalue weighted by Gasteiger charge is -2.20. The second kappa shape index (κ2) is 8.97. The van der Waals surface area contributed by atoms with Gasteiger partial charge in [-0.1, -0.05) is 0 Å². The Hall–Kier alpha value is -2.05. The van der Waals surface area contributed by atoms with Gasteiger partial charge in [-0.05, 0) is 69.6 Å². The van der Waals surface area contributed by atoms with E-state index in [2.05, 4.69) is 31.9 Å². The first-order valence-electron chi connectivity index (χ1n) is 9.71. The molecule has 0 radical (unpaired) electrons. The van der Waals surface area contributed by atoms with Crippen LogP contribution >= 0.6 is 11.3 Å². The maximum Gasteiger partial charge on any atom is 0.254 e. The first-order valence-corrected chi connectivity index (χ1v) is 10.5. The van der Waals surface area contributed by atoms with Crippen molar-refractivity contribution in [3.63, 3.8) is 0 Å². The van der Waals surface area contributed by atoms with Crippen molar-refractivity contribution in [3.05, 3.63) is 44.6 Å². The molecule has 1 amide bonds. The lowest BCUT2D eigenvalue weighted by Crippen LogP contribution is -2.29. The van der Waals surface area contributed by atoms with Crippen LogP contribution in [0.15, 0.2) is 18.2 Å². The number of rotatable bonds is 9. The van der Waals surface area contributed by atoms with E-state index in [9.17, 15) is 4.79 Å². The van der Waals surface area contributed by atoms with Crippen LogP contribution < -0.4 is 9.47 Å². The molecule has 1 aliphatic rings. The van der Waals surface area contributed by atoms with E-state index in [1.165, 1.54) is 15.3 Å². The molecule has 0 spiro atoms. The van der Waals surface area contributed by atoms with Crippen molar-refractivity contribution in [3.8, 4) is 11.5 Å². The minimum Gasteiger partial charge on any atom is -0.493 e. The third-order valence-corrected chi connectivity index (χ3v) is 6.37. The highest BCUT2D eigenvalue weighted by Crippen LogP contribution is 2.34. The highest BCUT2D eigenvalue weighted by Gasteiger charge is 2.29. The summed E-state index contributed by atoms with van der Waals surface area (Å²) in [5.74, 6) is 1.37. The van der Waals surface area contributed by atoms with E-state index >= 15 is 0 Å². The standard InChI is InChI=1S/C22H30N2O3S/c1-15-11-17(16(2)28-15)7-10-23(3)8-6-9-24-14-18-12-20(26-4)21(27-5)13-19(18)22(24)25/h11-13H,6-10,14H2,1-5H3. The van der Waals surface area contributed by atoms with Crippen molar-refractivity contribution < 1.29 is 14.3 Å². The molecular formula is C22H30N2O3S. The second-order valence-corrected chi connectivity index (χ2v) is 8.90. The van der Waals surface area contributed by atoms with Gasteiger partial charge in [-0.25, -0.2) is 0 Å². The summed E-state index contributed by atoms with van der Waals surface area (Å²) in [5, 5.41) is 0. The predicted octanol–water partition coefficient (Wildman–Crippen LogP) is 3.90. The molecule has 0 saturated heterocycles. The van der Waals surface area contributed by atoms with Crippen LogP contribution in [0.4, 0.5) is 0 Å². The molecule has 2 aromatic rings. The first kappa shape index (κ1) is 20.7. The van der Waals surface area contributed by atoms with Gasteiger partial charge in [0.25, 0.3) is 5.91 Å². The monoisotopic (exact) mass is 402 g/mol. The van der Waals surface area contributed by atoms with Gasteiger partial charge in [0.2, 0.25) is 0 Å². The third-order valence-electron chi connectivity index (χ3n) is 5.36. The Labute approximate surface area is 171 Å². The summed E-state index contributed by atoms with van der Waals surface area (Å²) >= 11 is 1.87. The van der Waals surface area contributed by atoms with E-state index in [-0.39, 0.29) is 5.91 Å². The number of aryl methyl sites for hydroxylation is 2. The summed E-state index contributed by atoms with van der Waals surface area (Å²) in [5.41, 5.74) is 3.20. The number of carbonyl (C=O) groups is 1. The number of hydrogen-bond donors (Lipinski definition) is 0. The number of ether oxygens (including phenoxy) is 2. The van der Waals surface area contributed by atoms with Gasteiger partial charge in [0.15, 0.2) is 11.5 Å². The Morgan fingerprint density at radius 3 is 2.46 bits per heavy atom. The molecule has 0 N–H and O–H groups in total. The topological polar surface area (TPSA) is 42.0 Å². The molecule has 0 atom stereocenters. The van der Waals surface area contributed by atoms with Crippen LogP contribution in [-0.4, -0.2) is 56.6 Å². The SMILES string of the molecule is COc1cc2c(cc1OC)C(=O)N(CCCN(C)CCc1cc(C)sc1C)C2. The zero-order valence-corrected chi connectivity index (χ0v) is 18.3. The van der Waals surface area contributed by atoms with E-state index in [0.717, 1.165) is 43.6 Å². The van der Waals surface area contributed by atoms with Crippen molar-refractivity contribution in [1.82, 2.24) is 9.80 Å². The molecule has 1 aromatic carbocycles. The molecule has 28 heavy (non-hydrogen) atoms. The quantitative estimate of drug-likeness (QED) is 0.638. The smallest absolute Gasteiger partial charge is 0.254 e. The van der Waals surface area contributed by atoms with E-state index in [4.69, 9.17) is 9.47 Å². The Kier molecular flexibility index (Phi) is 6.62. The highest BCUT2D eigenvalue weighted by atomic mass is 32.1. The second-order valence-electron chi connectivity index (χ2n) is 7.44. The third kappa shape index (κ3) is 4.50. The van der Waals surface area contributed by atoms with Crippen LogP contribution in [-0.2, 0) is 13.0 Å². The average Bonchev–Trinajstić information content (AvgIpc) is 3.16. The Morgan fingerprint density at radius 1 is 1.11 bits per heavy atom. The number of carbonyl (C=O) groups excluding carboxylic acids is 1. The van der Waals surface area contributed by atoms with Crippen molar-refractivity contribution in [1.29, 1.82) is 0 Å². The van der Waals surface area contributed by atoms with Crippen LogP contribution in [0.5, 0.6) is 11.5 Å². The lowest BCUT2D eigenvalue weighted by molar-refractivity contribution is 0.0772. The molecule has 0 saturated carbocycles. The fourth-order valence-electron chi connectivity index (χ4n) is 3.77. The van der Waals surface area contributed by atoms with Gasteiger partial charge < -0.3 is 19.3 Å². The average molecular weight is 403 g/mol. The van der Waals surface area contributed by atoms with Gasteiger partial charge in [-0.2, -0.15) is 0 Å². The number of benzene rings is 1. The molecule has 6 heteroatoms. The van der Waals surface area contributed by atoms with Crippen LogP contribution in [0.1, 0.15) is 37.7 Å². The van der Waals surface area contributed by atoms with Crippen LogP contribution in [0.3, 0.4) is 0 Å². The summed E-state index contributed by atoms with van der Waals surface area (Å²) in [6.07, 6.45) is 2.05. The molecule has 152 valence electrons. The fourth-order valence-corrected chi connectivity index (χ4v) is 4.74. The lowest BCUT2D eigenvalue weighted by atomic mass is 10.1. The first-order chi connectivity index (χ1) is 13.4. The Bertz CT molecular complexity index is 847. The molecular weight excluding hydrogens is 372 g/mol. The summed E-state index contributed by atoms with van der Waals surface area (Å²) in [6.45, 7) is 7.80. The van der Waals surface area contributed by atoms with Crippen LogP contribution in [0.2, 0.25) is 0 Å². The molecule has 5 nitrogen and oxygen atoms in total. The number of amides is 1. The molecule has 0 bridgehead atoms. The summed E-state index contributed by atoms with van der Waals surface area (Å²) in [7, 11) is 5.37. The zero-order chi connectivity index (χ0) is 20.3. The highest BCUT2D eigenvalue weighted by molar-refractivity contribution is 7.12. The Morgan fingerprint density at radius 2 is 1.82 bits per heavy atom. The maximum atomic E-state index is 12.7. The van der Waals surface area contributed by atoms with E-state index in [0.29, 0.717) is 18.0 Å². The molecule has 1 aromatic heterocycles. The minimum absolute atomic E-state index is 0.0861. The van der Waals surface area contributed by atoms with Crippen molar-refractivity contribution in [2.24, 2.45) is 0 Å². The molecule has 3 rings (SSSR count). The number of nitrogens with zero attached hydrogens (tertiary/aromatic N) is 2. The molecule has 0 fully saturated rings. The van der Waals surface area contributed by atoms with Crippen molar-refractivity contribution in [2.45, 2.75) is 33.2 Å². The van der Waals surface area contributed by atoms with Crippen LogP contribution in [0, 0.1) is 13.8 Å². The minimum atomic E-state index is 0.0861. The molecule has 0 aliphatic carbocycles. The summed E-state index contributed by atoms with van der Waals surface area (Å²) in [4.78, 5) is 19.8. The zero-order valence-electron chi connectivity index (χ0n) is 17.5. The number of methoxy groups -OCH3 is 2. The van der Waals surface area contributed by atoms with Gasteiger partial charge in [0.1, 0.15) is 0 Å². The van der Waals surface area contributed by atoms with E-state index in [1.54, 1.807) is 20.3 Å². The largest absolute Gasteiger partial charge is 0.493 e. The summed E-state index contributed by atoms with van der Waals surface area (Å²) < 4.78 is 10.7. The molecule has 1 aliphatic heterocycles. The fraction of sp³-hybridized carbons (Fsp3) is 0.500. The van der Waals surface area contributed by atoms with Gasteiger partial charge in [-0.3, -0.25) is 4.79 Å². The molecule has 2 heterocycles. The molecule has 0 unspecified atom stereocenters.